The molecule has 13 heteroatoms. The quantitative estimate of drug-likeness (QED) is 0.157. The number of ether oxygens (including phenoxy) is 1. The highest BCUT2D eigenvalue weighted by Gasteiger charge is 2.59. The molecule has 44 heavy (non-hydrogen) atoms. The van der Waals surface area contributed by atoms with Crippen molar-refractivity contribution in [3.8, 4) is 6.07 Å². The number of aromatic nitrogens is 4. The number of thiazole rings is 1. The summed E-state index contributed by atoms with van der Waals surface area (Å²) in [5.41, 5.74) is 1.95. The fourth-order valence-corrected chi connectivity index (χ4v) is 6.69. The molecule has 1 fully saturated rings. The van der Waals surface area contributed by atoms with Crippen molar-refractivity contribution in [1.29, 1.82) is 5.26 Å². The van der Waals surface area contributed by atoms with Crippen molar-refractivity contribution < 1.29 is 13.9 Å². The molecule has 1 amide bonds. The van der Waals surface area contributed by atoms with Gasteiger partial charge >= 0.3 is 0 Å². The van der Waals surface area contributed by atoms with Crippen LogP contribution in [0.5, 0.6) is 0 Å². The topological polar surface area (TPSA) is 121 Å². The van der Waals surface area contributed by atoms with Gasteiger partial charge < -0.3 is 15.4 Å². The first kappa shape index (κ1) is 31.3. The second-order valence-corrected chi connectivity index (χ2v) is 12.1. The lowest BCUT2D eigenvalue weighted by atomic mass is 9.91. The van der Waals surface area contributed by atoms with Crippen molar-refractivity contribution >= 4 is 45.3 Å². The molecule has 226 valence electrons. The van der Waals surface area contributed by atoms with Crippen LogP contribution in [-0.4, -0.2) is 32.2 Å². The van der Waals surface area contributed by atoms with Gasteiger partial charge in [0.05, 0.1) is 18.3 Å². The van der Waals surface area contributed by atoms with Gasteiger partial charge in [-0.15, -0.1) is 11.3 Å². The predicted molar refractivity (Wildman–Crippen MR) is 169 cm³/mol. The summed E-state index contributed by atoms with van der Waals surface area (Å²) >= 11 is 9.09. The maximum absolute atomic E-state index is 13.3. The van der Waals surface area contributed by atoms with E-state index in [1.54, 1.807) is 23.1 Å². The first-order valence-electron chi connectivity index (χ1n) is 13.9. The largest absolute Gasteiger partial charge is 0.362 e. The molecule has 1 aliphatic rings. The van der Waals surface area contributed by atoms with Gasteiger partial charge in [-0.2, -0.15) is 10.4 Å². The Labute approximate surface area is 267 Å². The van der Waals surface area contributed by atoms with Gasteiger partial charge in [-0.3, -0.25) is 4.79 Å². The third-order valence-corrected chi connectivity index (χ3v) is 9.21. The number of amides is 1. The normalized spacial score (nSPS) is 17.6. The molecule has 0 spiro atoms. The molecule has 0 aliphatic carbocycles. The van der Waals surface area contributed by atoms with Crippen molar-refractivity contribution in [3.63, 3.8) is 0 Å². The minimum absolute atomic E-state index is 0.203. The van der Waals surface area contributed by atoms with E-state index in [1.165, 1.54) is 41.1 Å². The van der Waals surface area contributed by atoms with Crippen molar-refractivity contribution in [2.75, 3.05) is 11.9 Å². The Kier molecular flexibility index (Phi) is 10.0. The maximum Gasteiger partial charge on any atom is 0.264 e. The number of aryl methyl sites for hydroxylation is 1. The van der Waals surface area contributed by atoms with Crippen LogP contribution in [0.25, 0.3) is 0 Å². The highest BCUT2D eigenvalue weighted by atomic mass is 35.5. The average Bonchev–Trinajstić information content (AvgIpc) is 3.51. The fraction of sp³-hybridized carbons (Fsp3) is 0.258. The Balaban J connectivity index is 0.000000176. The van der Waals surface area contributed by atoms with Crippen LogP contribution in [-0.2, 0) is 23.3 Å². The van der Waals surface area contributed by atoms with Gasteiger partial charge in [-0.05, 0) is 48.6 Å². The Morgan fingerprint density at radius 2 is 2.00 bits per heavy atom. The summed E-state index contributed by atoms with van der Waals surface area (Å²) in [6.45, 7) is 5.18. The molecule has 0 radical (unpaired) electrons. The number of nitriles is 1. The zero-order valence-electron chi connectivity index (χ0n) is 23.9. The number of carbonyl (C=O) groups is 1. The number of rotatable bonds is 10. The summed E-state index contributed by atoms with van der Waals surface area (Å²) in [5.74, 6) is -0.520. The highest BCUT2D eigenvalue weighted by molar-refractivity contribution is 7.17. The Bertz CT molecular complexity index is 1720. The van der Waals surface area contributed by atoms with E-state index < -0.39 is 11.6 Å². The van der Waals surface area contributed by atoms with Crippen LogP contribution in [0.15, 0.2) is 78.7 Å². The summed E-state index contributed by atoms with van der Waals surface area (Å²) in [6.07, 6.45) is 3.59. The number of benzene rings is 2. The molecule has 0 bridgehead atoms. The van der Waals surface area contributed by atoms with E-state index in [2.05, 4.69) is 31.8 Å². The molecular weight excluding hydrogens is 621 g/mol. The standard InChI is InChI=1S/C17H13ClFN3O.C14H16N4OS2/c18-15-4-2-1-3-14(15)16-17(23-16,9-22-11-20-10-21-22)12-5-7-13(19)8-6-12;1-3-9-12(21-14(18-9)16-4-2)13(19)17-10(8-15)11-6-5-7-20-11/h1-8,10-11,16H,9H2;5-7,10H,3-4H2,1-2H3,(H,16,18)(H,17,19). The molecule has 3 unspecified atom stereocenters. The molecule has 1 saturated heterocycles. The lowest BCUT2D eigenvalue weighted by Gasteiger charge is -2.14. The fourth-order valence-electron chi connectivity index (χ4n) is 4.71. The number of epoxide rings is 1. The van der Waals surface area contributed by atoms with Gasteiger partial charge in [0.1, 0.15) is 35.1 Å². The number of nitrogens with zero attached hydrogens (tertiary/aromatic N) is 5. The molecule has 9 nitrogen and oxygen atoms in total. The van der Waals surface area contributed by atoms with Gasteiger partial charge in [-0.1, -0.05) is 66.3 Å². The molecule has 2 N–H and O–H groups in total. The van der Waals surface area contributed by atoms with Crippen LogP contribution in [0, 0.1) is 17.1 Å². The summed E-state index contributed by atoms with van der Waals surface area (Å²) in [6, 6.07) is 19.1. The van der Waals surface area contributed by atoms with Crippen molar-refractivity contribution in [3.05, 3.63) is 116 Å². The lowest BCUT2D eigenvalue weighted by Crippen LogP contribution is -2.27. The van der Waals surface area contributed by atoms with E-state index in [9.17, 15) is 14.4 Å². The second kappa shape index (κ2) is 14.1. The zero-order chi connectivity index (χ0) is 31.1. The third-order valence-electron chi connectivity index (χ3n) is 6.88. The summed E-state index contributed by atoms with van der Waals surface area (Å²) < 4.78 is 21.1. The first-order valence-corrected chi connectivity index (χ1v) is 15.9. The molecule has 0 saturated carbocycles. The highest BCUT2D eigenvalue weighted by Crippen LogP contribution is 2.59. The predicted octanol–water partition coefficient (Wildman–Crippen LogP) is 6.93. The number of anilines is 1. The number of carbonyl (C=O) groups excluding carboxylic acids is 1. The van der Waals surface area contributed by atoms with Crippen LogP contribution in [0.1, 0.15) is 57.4 Å². The van der Waals surface area contributed by atoms with Crippen LogP contribution >= 0.6 is 34.3 Å². The Hall–Kier alpha value is -4.15. The zero-order valence-corrected chi connectivity index (χ0v) is 26.3. The van der Waals surface area contributed by atoms with Crippen molar-refractivity contribution in [1.82, 2.24) is 25.1 Å². The number of nitrogens with one attached hydrogen (secondary N) is 2. The molecular formula is C31H29ClFN7O2S2. The van der Waals surface area contributed by atoms with E-state index in [-0.39, 0.29) is 17.8 Å². The van der Waals surface area contributed by atoms with Gasteiger partial charge in [0.15, 0.2) is 11.2 Å². The molecule has 2 aromatic carbocycles. The van der Waals surface area contributed by atoms with Crippen molar-refractivity contribution in [2.45, 2.75) is 44.6 Å². The van der Waals surface area contributed by atoms with Crippen LogP contribution in [0.4, 0.5) is 9.52 Å². The van der Waals surface area contributed by atoms with Gasteiger partial charge in [-0.25, -0.2) is 19.0 Å². The lowest BCUT2D eigenvalue weighted by molar-refractivity contribution is 0.0948. The summed E-state index contributed by atoms with van der Waals surface area (Å²) in [4.78, 5) is 22.2. The second-order valence-electron chi connectivity index (χ2n) is 9.74. The molecule has 5 aromatic rings. The summed E-state index contributed by atoms with van der Waals surface area (Å²) in [5, 5.41) is 22.5. The van der Waals surface area contributed by atoms with E-state index in [4.69, 9.17) is 16.3 Å². The van der Waals surface area contributed by atoms with E-state index in [1.807, 2.05) is 55.6 Å². The van der Waals surface area contributed by atoms with E-state index in [0.29, 0.717) is 22.9 Å². The van der Waals surface area contributed by atoms with E-state index >= 15 is 0 Å². The SMILES string of the molecule is CCNc1nc(CC)c(C(=O)NC(C#N)c2cccs2)s1.Fc1ccc(C2(Cn3cncn3)OC2c2ccccc2Cl)cc1. The molecule has 3 atom stereocenters. The maximum atomic E-state index is 13.3. The molecule has 1 aliphatic heterocycles. The molecule has 6 rings (SSSR count). The minimum Gasteiger partial charge on any atom is -0.362 e. The van der Waals surface area contributed by atoms with Gasteiger partial charge in [0.2, 0.25) is 0 Å². The minimum atomic E-state index is -0.619. The number of thiophene rings is 1. The Morgan fingerprint density at radius 3 is 2.64 bits per heavy atom. The Morgan fingerprint density at radius 1 is 1.20 bits per heavy atom. The third kappa shape index (κ3) is 6.97. The van der Waals surface area contributed by atoms with Crippen molar-refractivity contribution in [2.24, 2.45) is 0 Å². The van der Waals surface area contributed by atoms with Crippen LogP contribution in [0.2, 0.25) is 5.02 Å². The van der Waals surface area contributed by atoms with Crippen LogP contribution in [0.3, 0.4) is 0 Å². The van der Waals surface area contributed by atoms with Gasteiger partial charge in [0, 0.05) is 22.0 Å². The first-order chi connectivity index (χ1) is 21.4. The monoisotopic (exact) mass is 649 g/mol. The summed E-state index contributed by atoms with van der Waals surface area (Å²) in [7, 11) is 0. The molecule has 4 heterocycles. The number of hydrogen-bond donors (Lipinski definition) is 2. The number of hydrogen-bond acceptors (Lipinski definition) is 9. The smallest absolute Gasteiger partial charge is 0.264 e. The average molecular weight is 650 g/mol. The van der Waals surface area contributed by atoms with Gasteiger partial charge in [0.25, 0.3) is 5.91 Å². The van der Waals surface area contributed by atoms with E-state index in [0.717, 1.165) is 33.4 Å². The molecule has 3 aromatic heterocycles. The van der Waals surface area contributed by atoms with Crippen LogP contribution < -0.4 is 10.6 Å². The number of halogens is 2.